The number of rotatable bonds is 7. The number of halogens is 1. The molecule has 1 fully saturated rings. The van der Waals surface area contributed by atoms with Crippen molar-refractivity contribution in [2.75, 3.05) is 13.7 Å². The van der Waals surface area contributed by atoms with Crippen molar-refractivity contribution >= 4 is 5.91 Å². The summed E-state index contributed by atoms with van der Waals surface area (Å²) in [6.07, 6.45) is 0.712. The zero-order valence-electron chi connectivity index (χ0n) is 14.8. The molecule has 1 unspecified atom stereocenters. The number of nitrogens with zero attached hydrogens (tertiary/aromatic N) is 3. The van der Waals surface area contributed by atoms with E-state index in [1.165, 1.54) is 6.07 Å². The Labute approximate surface area is 146 Å². The maximum Gasteiger partial charge on any atom is 0.225 e. The largest absolute Gasteiger partial charge is 0.383 e. The Morgan fingerprint density at radius 2 is 2.08 bits per heavy atom. The molecule has 1 aromatic heterocycles. The second-order valence-corrected chi connectivity index (χ2v) is 7.16. The molecule has 1 aliphatic rings. The first-order valence-corrected chi connectivity index (χ1v) is 8.28. The fourth-order valence-electron chi connectivity index (χ4n) is 3.66. The Balaban J connectivity index is 2.12. The van der Waals surface area contributed by atoms with E-state index in [1.54, 1.807) is 23.9 Å². The second kappa shape index (κ2) is 6.22. The van der Waals surface area contributed by atoms with E-state index in [9.17, 15) is 9.18 Å². The SMILES string of the molecule is COCCn1nc(CC(N)=O)nc1C1(c2ccccc2F)CC1(C)C. The van der Waals surface area contributed by atoms with Gasteiger partial charge in [-0.3, -0.25) is 4.79 Å². The van der Waals surface area contributed by atoms with Gasteiger partial charge in [-0.25, -0.2) is 14.1 Å². The lowest BCUT2D eigenvalue weighted by Crippen LogP contribution is -2.24. The van der Waals surface area contributed by atoms with Crippen LogP contribution in [0.5, 0.6) is 0 Å². The van der Waals surface area contributed by atoms with Gasteiger partial charge in [0.25, 0.3) is 0 Å². The number of carbonyl (C=O) groups excluding carboxylic acids is 1. The smallest absolute Gasteiger partial charge is 0.225 e. The zero-order chi connectivity index (χ0) is 18.2. The summed E-state index contributed by atoms with van der Waals surface area (Å²) in [4.78, 5) is 15.8. The molecule has 1 heterocycles. The number of benzene rings is 1. The summed E-state index contributed by atoms with van der Waals surface area (Å²) in [5.41, 5.74) is 5.15. The Bertz CT molecular complexity index is 802. The predicted molar refractivity (Wildman–Crippen MR) is 90.4 cm³/mol. The number of carbonyl (C=O) groups is 1. The van der Waals surface area contributed by atoms with Crippen molar-refractivity contribution in [1.29, 1.82) is 0 Å². The minimum atomic E-state index is -0.574. The molecule has 0 spiro atoms. The van der Waals surface area contributed by atoms with Gasteiger partial charge in [-0.05, 0) is 17.9 Å². The van der Waals surface area contributed by atoms with Crippen LogP contribution in [-0.2, 0) is 27.9 Å². The number of aromatic nitrogens is 3. The summed E-state index contributed by atoms with van der Waals surface area (Å²) >= 11 is 0. The Hall–Kier alpha value is -2.28. The number of ether oxygens (including phenoxy) is 1. The summed E-state index contributed by atoms with van der Waals surface area (Å²) in [5, 5.41) is 4.42. The monoisotopic (exact) mass is 346 g/mol. The number of primary amides is 1. The molecular formula is C18H23FN4O2. The van der Waals surface area contributed by atoms with Gasteiger partial charge in [0.15, 0.2) is 5.82 Å². The van der Waals surface area contributed by atoms with Gasteiger partial charge in [0, 0.05) is 12.7 Å². The van der Waals surface area contributed by atoms with Crippen LogP contribution in [-0.4, -0.2) is 34.4 Å². The first-order valence-electron chi connectivity index (χ1n) is 8.28. The highest BCUT2D eigenvalue weighted by Gasteiger charge is 2.66. The summed E-state index contributed by atoms with van der Waals surface area (Å²) in [6, 6.07) is 6.77. The van der Waals surface area contributed by atoms with Gasteiger partial charge in [0.2, 0.25) is 5.91 Å². The number of amides is 1. The number of hydrogen-bond donors (Lipinski definition) is 1. The molecule has 2 N–H and O–H groups in total. The fourth-order valence-corrected chi connectivity index (χ4v) is 3.66. The topological polar surface area (TPSA) is 83.0 Å². The van der Waals surface area contributed by atoms with Crippen LogP contribution < -0.4 is 5.73 Å². The van der Waals surface area contributed by atoms with E-state index >= 15 is 0 Å². The fraction of sp³-hybridized carbons (Fsp3) is 0.500. The lowest BCUT2D eigenvalue weighted by molar-refractivity contribution is -0.117. The van der Waals surface area contributed by atoms with Crippen molar-refractivity contribution in [3.8, 4) is 0 Å². The molecule has 25 heavy (non-hydrogen) atoms. The predicted octanol–water partition coefficient (Wildman–Crippen LogP) is 1.81. The van der Waals surface area contributed by atoms with Gasteiger partial charge in [-0.1, -0.05) is 32.0 Å². The van der Waals surface area contributed by atoms with Crippen molar-refractivity contribution in [2.45, 2.75) is 38.6 Å². The molecule has 0 radical (unpaired) electrons. The maximum absolute atomic E-state index is 14.6. The first-order chi connectivity index (χ1) is 11.8. The summed E-state index contributed by atoms with van der Waals surface area (Å²) in [7, 11) is 1.61. The number of hydrogen-bond acceptors (Lipinski definition) is 4. The average molecular weight is 346 g/mol. The van der Waals surface area contributed by atoms with Crippen molar-refractivity contribution in [1.82, 2.24) is 14.8 Å². The summed E-state index contributed by atoms with van der Waals surface area (Å²) in [6.45, 7) is 5.09. The van der Waals surface area contributed by atoms with Crippen LogP contribution in [0.4, 0.5) is 4.39 Å². The van der Waals surface area contributed by atoms with E-state index < -0.39 is 11.3 Å². The van der Waals surface area contributed by atoms with Gasteiger partial charge >= 0.3 is 0 Å². The van der Waals surface area contributed by atoms with Crippen LogP contribution in [0.2, 0.25) is 0 Å². The van der Waals surface area contributed by atoms with Gasteiger partial charge < -0.3 is 10.5 Å². The summed E-state index contributed by atoms with van der Waals surface area (Å²) < 4.78 is 21.5. The standard InChI is InChI=1S/C18H23FN4O2/c1-17(2)11-18(17,12-6-4-5-7-13(12)19)16-21-15(10-14(20)24)22-23(16)8-9-25-3/h4-7H,8-11H2,1-3H3,(H2,20,24). The minimum absolute atomic E-state index is 0.0409. The normalized spacial score (nSPS) is 21.3. The lowest BCUT2D eigenvalue weighted by atomic mass is 9.86. The van der Waals surface area contributed by atoms with Crippen molar-refractivity contribution in [3.63, 3.8) is 0 Å². The molecule has 1 aromatic carbocycles. The Kier molecular flexibility index (Phi) is 4.36. The van der Waals surface area contributed by atoms with Gasteiger partial charge in [-0.15, -0.1) is 0 Å². The molecule has 1 aliphatic carbocycles. The third-order valence-electron chi connectivity index (χ3n) is 5.01. The van der Waals surface area contributed by atoms with E-state index in [0.717, 1.165) is 6.42 Å². The molecule has 7 heteroatoms. The average Bonchev–Trinajstić information content (AvgIpc) is 2.91. The van der Waals surface area contributed by atoms with Crippen LogP contribution in [0.1, 0.15) is 37.5 Å². The van der Waals surface area contributed by atoms with E-state index in [0.29, 0.717) is 30.4 Å². The van der Waals surface area contributed by atoms with Crippen molar-refractivity contribution < 1.29 is 13.9 Å². The van der Waals surface area contributed by atoms with Crippen LogP contribution in [0, 0.1) is 11.2 Å². The molecular weight excluding hydrogens is 323 g/mol. The molecule has 1 atom stereocenters. The van der Waals surface area contributed by atoms with E-state index in [1.807, 2.05) is 6.07 Å². The van der Waals surface area contributed by atoms with Crippen LogP contribution >= 0.6 is 0 Å². The van der Waals surface area contributed by atoms with E-state index in [2.05, 4.69) is 23.9 Å². The second-order valence-electron chi connectivity index (χ2n) is 7.16. The molecule has 1 saturated carbocycles. The quantitative estimate of drug-likeness (QED) is 0.829. The van der Waals surface area contributed by atoms with Crippen molar-refractivity contribution in [3.05, 3.63) is 47.3 Å². The molecule has 134 valence electrons. The molecule has 0 bridgehead atoms. The molecule has 1 amide bonds. The molecule has 0 aliphatic heterocycles. The third-order valence-corrected chi connectivity index (χ3v) is 5.01. The molecule has 0 saturated heterocycles. The highest BCUT2D eigenvalue weighted by molar-refractivity contribution is 5.75. The van der Waals surface area contributed by atoms with Crippen LogP contribution in [0.15, 0.2) is 24.3 Å². The first kappa shape index (κ1) is 17.5. The Morgan fingerprint density at radius 1 is 1.40 bits per heavy atom. The van der Waals surface area contributed by atoms with Gasteiger partial charge in [0.05, 0.1) is 25.0 Å². The lowest BCUT2D eigenvalue weighted by Gasteiger charge is -2.22. The van der Waals surface area contributed by atoms with Crippen LogP contribution in [0.3, 0.4) is 0 Å². The van der Waals surface area contributed by atoms with Gasteiger partial charge in [-0.2, -0.15) is 5.10 Å². The third kappa shape index (κ3) is 2.93. The maximum atomic E-state index is 14.6. The number of nitrogens with two attached hydrogens (primary N) is 1. The van der Waals surface area contributed by atoms with E-state index in [-0.39, 0.29) is 17.7 Å². The highest BCUT2D eigenvalue weighted by Crippen LogP contribution is 2.67. The highest BCUT2D eigenvalue weighted by atomic mass is 19.1. The zero-order valence-corrected chi connectivity index (χ0v) is 14.8. The molecule has 2 aromatic rings. The van der Waals surface area contributed by atoms with E-state index in [4.69, 9.17) is 10.5 Å². The van der Waals surface area contributed by atoms with Crippen molar-refractivity contribution in [2.24, 2.45) is 11.1 Å². The molecule has 3 rings (SSSR count). The number of methoxy groups -OCH3 is 1. The minimum Gasteiger partial charge on any atom is -0.383 e. The Morgan fingerprint density at radius 3 is 2.64 bits per heavy atom. The summed E-state index contributed by atoms with van der Waals surface area (Å²) in [5.74, 6) is 0.268. The van der Waals surface area contributed by atoms with Crippen LogP contribution in [0.25, 0.3) is 0 Å². The van der Waals surface area contributed by atoms with Gasteiger partial charge in [0.1, 0.15) is 11.6 Å². The molecule has 6 nitrogen and oxygen atoms in total.